The SMILES string of the molecule is Cc1c(CN(C)C(=O)NC2CCS(=O)(=O)C2)oc2c(C)cccc12. The van der Waals surface area contributed by atoms with Crippen LogP contribution in [0.15, 0.2) is 22.6 Å². The normalized spacial score (nSPS) is 19.5. The lowest BCUT2D eigenvalue weighted by atomic mass is 10.1. The molecule has 2 amide bonds. The van der Waals surface area contributed by atoms with Gasteiger partial charge in [-0.05, 0) is 25.8 Å². The summed E-state index contributed by atoms with van der Waals surface area (Å²) in [5, 5.41) is 3.84. The number of fused-ring (bicyclic) bond motifs is 1. The van der Waals surface area contributed by atoms with Gasteiger partial charge in [0.05, 0.1) is 18.1 Å². The third kappa shape index (κ3) is 3.26. The summed E-state index contributed by atoms with van der Waals surface area (Å²) < 4.78 is 28.9. The van der Waals surface area contributed by atoms with Crippen LogP contribution < -0.4 is 5.32 Å². The molecule has 1 unspecified atom stereocenters. The third-order valence-corrected chi connectivity index (χ3v) is 6.31. The Bertz CT molecular complexity index is 885. The average molecular weight is 350 g/mol. The van der Waals surface area contributed by atoms with E-state index >= 15 is 0 Å². The maximum absolute atomic E-state index is 12.3. The van der Waals surface area contributed by atoms with Crippen LogP contribution in [0, 0.1) is 13.8 Å². The van der Waals surface area contributed by atoms with E-state index in [1.807, 2.05) is 32.0 Å². The molecule has 0 radical (unpaired) electrons. The Morgan fingerprint density at radius 2 is 2.12 bits per heavy atom. The van der Waals surface area contributed by atoms with Gasteiger partial charge < -0.3 is 14.6 Å². The quantitative estimate of drug-likeness (QED) is 0.922. The Hall–Kier alpha value is -2.02. The fourth-order valence-corrected chi connectivity index (χ4v) is 4.74. The van der Waals surface area contributed by atoms with E-state index in [1.54, 1.807) is 7.05 Å². The van der Waals surface area contributed by atoms with Crippen molar-refractivity contribution in [3.8, 4) is 0 Å². The second kappa shape index (κ2) is 6.12. The standard InChI is InChI=1S/C17H22N2O4S/c1-11-5-4-6-14-12(2)15(23-16(11)14)9-19(3)17(20)18-13-7-8-24(21,22)10-13/h4-6,13H,7-10H2,1-3H3,(H,18,20). The van der Waals surface area contributed by atoms with Crippen molar-refractivity contribution >= 4 is 26.8 Å². The first kappa shape index (κ1) is 16.8. The van der Waals surface area contributed by atoms with Gasteiger partial charge in [-0.3, -0.25) is 0 Å². The van der Waals surface area contributed by atoms with E-state index in [0.717, 1.165) is 27.9 Å². The molecule has 0 aliphatic carbocycles. The summed E-state index contributed by atoms with van der Waals surface area (Å²) in [5.74, 6) is 0.912. The predicted molar refractivity (Wildman–Crippen MR) is 92.7 cm³/mol. The van der Waals surface area contributed by atoms with Gasteiger partial charge in [0.15, 0.2) is 9.84 Å². The highest BCUT2D eigenvalue weighted by atomic mass is 32.2. The smallest absolute Gasteiger partial charge is 0.317 e. The number of amides is 2. The van der Waals surface area contributed by atoms with Crippen molar-refractivity contribution in [3.63, 3.8) is 0 Å². The van der Waals surface area contributed by atoms with Gasteiger partial charge in [0.25, 0.3) is 0 Å². The first-order valence-electron chi connectivity index (χ1n) is 7.96. The van der Waals surface area contributed by atoms with E-state index in [9.17, 15) is 13.2 Å². The lowest BCUT2D eigenvalue weighted by Gasteiger charge is -2.19. The van der Waals surface area contributed by atoms with Crippen molar-refractivity contribution in [2.45, 2.75) is 32.9 Å². The first-order chi connectivity index (χ1) is 11.3. The zero-order chi connectivity index (χ0) is 17.5. The number of hydrogen-bond donors (Lipinski definition) is 1. The molecule has 1 aromatic carbocycles. The van der Waals surface area contributed by atoms with E-state index in [4.69, 9.17) is 4.42 Å². The number of nitrogens with one attached hydrogen (secondary N) is 1. The highest BCUT2D eigenvalue weighted by Crippen LogP contribution is 2.28. The Kier molecular flexibility index (Phi) is 4.29. The fourth-order valence-electron chi connectivity index (χ4n) is 3.06. The molecule has 2 heterocycles. The van der Waals surface area contributed by atoms with Crippen molar-refractivity contribution < 1.29 is 17.6 Å². The second-order valence-electron chi connectivity index (χ2n) is 6.51. The monoisotopic (exact) mass is 350 g/mol. The molecule has 1 aliphatic heterocycles. The molecule has 6 nitrogen and oxygen atoms in total. The predicted octanol–water partition coefficient (Wildman–Crippen LogP) is 2.38. The number of carbonyl (C=O) groups excluding carboxylic acids is 1. The van der Waals surface area contributed by atoms with Gasteiger partial charge >= 0.3 is 6.03 Å². The Labute approximate surface area is 141 Å². The molecule has 1 atom stereocenters. The van der Waals surface area contributed by atoms with E-state index in [2.05, 4.69) is 5.32 Å². The third-order valence-electron chi connectivity index (χ3n) is 4.55. The number of benzene rings is 1. The van der Waals surface area contributed by atoms with Crippen LogP contribution in [0.5, 0.6) is 0 Å². The highest BCUT2D eigenvalue weighted by molar-refractivity contribution is 7.91. The van der Waals surface area contributed by atoms with Crippen molar-refractivity contribution in [3.05, 3.63) is 35.1 Å². The first-order valence-corrected chi connectivity index (χ1v) is 9.78. The van der Waals surface area contributed by atoms with Gasteiger partial charge in [-0.25, -0.2) is 13.2 Å². The van der Waals surface area contributed by atoms with E-state index in [-0.39, 0.29) is 23.6 Å². The molecule has 7 heteroatoms. The molecule has 0 saturated carbocycles. The summed E-state index contributed by atoms with van der Waals surface area (Å²) >= 11 is 0. The van der Waals surface area contributed by atoms with E-state index in [0.29, 0.717) is 13.0 Å². The molecule has 0 bridgehead atoms. The van der Waals surface area contributed by atoms with Crippen LogP contribution in [0.4, 0.5) is 4.79 Å². The van der Waals surface area contributed by atoms with Crippen LogP contribution in [-0.4, -0.2) is 43.9 Å². The Balaban J connectivity index is 1.70. The van der Waals surface area contributed by atoms with Crippen LogP contribution in [0.25, 0.3) is 11.0 Å². The number of urea groups is 1. The molecular weight excluding hydrogens is 328 g/mol. The number of rotatable bonds is 3. The summed E-state index contributed by atoms with van der Waals surface area (Å²) in [4.78, 5) is 13.8. The second-order valence-corrected chi connectivity index (χ2v) is 8.74. The maximum Gasteiger partial charge on any atom is 0.317 e. The van der Waals surface area contributed by atoms with Gasteiger partial charge in [0.2, 0.25) is 0 Å². The molecule has 2 aromatic rings. The summed E-state index contributed by atoms with van der Waals surface area (Å²) in [7, 11) is -1.33. The minimum absolute atomic E-state index is 0.0233. The van der Waals surface area contributed by atoms with Crippen LogP contribution in [0.2, 0.25) is 0 Å². The van der Waals surface area contributed by atoms with Gasteiger partial charge in [-0.2, -0.15) is 0 Å². The molecule has 3 rings (SSSR count). The van der Waals surface area contributed by atoms with Crippen molar-refractivity contribution in [1.29, 1.82) is 0 Å². The summed E-state index contributed by atoms with van der Waals surface area (Å²) in [6.07, 6.45) is 0.477. The van der Waals surface area contributed by atoms with Crippen LogP contribution in [0.3, 0.4) is 0 Å². The lowest BCUT2D eigenvalue weighted by molar-refractivity contribution is 0.200. The van der Waals surface area contributed by atoms with Crippen molar-refractivity contribution in [2.75, 3.05) is 18.6 Å². The summed E-state index contributed by atoms with van der Waals surface area (Å²) in [5.41, 5.74) is 2.93. The number of para-hydroxylation sites is 1. The van der Waals surface area contributed by atoms with Crippen molar-refractivity contribution in [1.82, 2.24) is 10.2 Å². The molecule has 1 fully saturated rings. The zero-order valence-electron chi connectivity index (χ0n) is 14.1. The topological polar surface area (TPSA) is 79.6 Å². The van der Waals surface area contributed by atoms with Gasteiger partial charge in [0.1, 0.15) is 11.3 Å². The largest absolute Gasteiger partial charge is 0.459 e. The number of aryl methyl sites for hydroxylation is 2. The highest BCUT2D eigenvalue weighted by Gasteiger charge is 2.29. The van der Waals surface area contributed by atoms with Crippen molar-refractivity contribution in [2.24, 2.45) is 0 Å². The maximum atomic E-state index is 12.3. The zero-order valence-corrected chi connectivity index (χ0v) is 14.9. The van der Waals surface area contributed by atoms with Gasteiger partial charge in [-0.15, -0.1) is 0 Å². The molecule has 1 saturated heterocycles. The molecule has 24 heavy (non-hydrogen) atoms. The molecule has 1 aliphatic rings. The van der Waals surface area contributed by atoms with Gasteiger partial charge in [-0.1, -0.05) is 18.2 Å². The number of sulfone groups is 1. The van der Waals surface area contributed by atoms with Gasteiger partial charge in [0, 0.05) is 24.0 Å². The Morgan fingerprint density at radius 3 is 2.75 bits per heavy atom. The molecule has 0 spiro atoms. The molecular formula is C17H22N2O4S. The summed E-state index contributed by atoms with van der Waals surface area (Å²) in [6, 6.07) is 5.40. The summed E-state index contributed by atoms with van der Waals surface area (Å²) in [6.45, 7) is 4.31. The van der Waals surface area contributed by atoms with Crippen LogP contribution in [-0.2, 0) is 16.4 Å². The minimum atomic E-state index is -3.01. The molecule has 1 N–H and O–H groups in total. The number of hydrogen-bond acceptors (Lipinski definition) is 4. The van der Waals surface area contributed by atoms with E-state index < -0.39 is 9.84 Å². The number of furan rings is 1. The van der Waals surface area contributed by atoms with Crippen LogP contribution >= 0.6 is 0 Å². The van der Waals surface area contributed by atoms with E-state index in [1.165, 1.54) is 4.90 Å². The minimum Gasteiger partial charge on any atom is -0.459 e. The molecule has 1 aromatic heterocycles. The number of nitrogens with zero attached hydrogens (tertiary/aromatic N) is 1. The number of carbonyl (C=O) groups is 1. The Morgan fingerprint density at radius 1 is 1.38 bits per heavy atom. The average Bonchev–Trinajstić information content (AvgIpc) is 3.01. The fraction of sp³-hybridized carbons (Fsp3) is 0.471. The molecule has 130 valence electrons. The lowest BCUT2D eigenvalue weighted by Crippen LogP contribution is -2.43. The van der Waals surface area contributed by atoms with Crippen LogP contribution in [0.1, 0.15) is 23.3 Å².